The molecule has 0 bridgehead atoms. The van der Waals surface area contributed by atoms with Crippen LogP contribution in [-0.2, 0) is 0 Å². The van der Waals surface area contributed by atoms with Crippen molar-refractivity contribution in [2.45, 2.75) is 59.3 Å². The van der Waals surface area contributed by atoms with Gasteiger partial charge in [-0.3, -0.25) is 0 Å². The third kappa shape index (κ3) is 13.9. The SMILES string of the molecule is C/C(=C\CO)CC/C=C(\C)CC/C=C(\C)CCCN(C)C. The minimum atomic E-state index is 0.159. The highest BCUT2D eigenvalue weighted by Gasteiger charge is 1.95. The maximum absolute atomic E-state index is 8.80. The quantitative estimate of drug-likeness (QED) is 0.557. The molecule has 0 aromatic heterocycles. The molecule has 0 aromatic rings. The second-order valence-corrected chi connectivity index (χ2v) is 6.32. The van der Waals surface area contributed by atoms with Gasteiger partial charge in [0.2, 0.25) is 0 Å². The molecule has 21 heavy (non-hydrogen) atoms. The Morgan fingerprint density at radius 3 is 1.76 bits per heavy atom. The highest BCUT2D eigenvalue weighted by molar-refractivity contribution is 5.06. The molecule has 0 atom stereocenters. The summed E-state index contributed by atoms with van der Waals surface area (Å²) in [4.78, 5) is 2.24. The molecule has 0 aliphatic heterocycles. The Morgan fingerprint density at radius 1 is 0.810 bits per heavy atom. The second-order valence-electron chi connectivity index (χ2n) is 6.32. The predicted octanol–water partition coefficient (Wildman–Crippen LogP) is 4.72. The Bertz CT molecular complexity index is 351. The van der Waals surface area contributed by atoms with E-state index < -0.39 is 0 Å². The van der Waals surface area contributed by atoms with E-state index >= 15 is 0 Å². The van der Waals surface area contributed by atoms with Crippen LogP contribution >= 0.6 is 0 Å². The van der Waals surface area contributed by atoms with Crippen molar-refractivity contribution in [1.29, 1.82) is 0 Å². The van der Waals surface area contributed by atoms with Gasteiger partial charge in [0.05, 0.1) is 6.61 Å². The van der Waals surface area contributed by atoms with Crippen molar-refractivity contribution in [3.63, 3.8) is 0 Å². The Balaban J connectivity index is 3.85. The molecule has 0 heterocycles. The van der Waals surface area contributed by atoms with Gasteiger partial charge in [-0.2, -0.15) is 0 Å². The van der Waals surface area contributed by atoms with Gasteiger partial charge in [0, 0.05) is 0 Å². The largest absolute Gasteiger partial charge is 0.392 e. The summed E-state index contributed by atoms with van der Waals surface area (Å²) in [6.07, 6.45) is 13.5. The fourth-order valence-electron chi connectivity index (χ4n) is 2.23. The number of rotatable bonds is 11. The molecule has 0 aromatic carbocycles. The highest BCUT2D eigenvalue weighted by atomic mass is 16.2. The standard InChI is InChI=1S/C19H35NO/c1-17(10-7-12-19(3)14-16-21)9-6-11-18(2)13-8-15-20(4)5/h10-11,14,21H,6-9,12-13,15-16H2,1-5H3/b17-10+,18-11+,19-14+. The van der Waals surface area contributed by atoms with Crippen molar-refractivity contribution in [3.8, 4) is 0 Å². The number of hydrogen-bond donors (Lipinski definition) is 1. The molecule has 0 rings (SSSR count). The molecule has 122 valence electrons. The van der Waals surface area contributed by atoms with Crippen molar-refractivity contribution in [2.24, 2.45) is 0 Å². The average molecular weight is 293 g/mol. The molecule has 0 saturated carbocycles. The maximum Gasteiger partial charge on any atom is 0.0614 e. The Morgan fingerprint density at radius 2 is 1.29 bits per heavy atom. The van der Waals surface area contributed by atoms with E-state index in [1.165, 1.54) is 36.1 Å². The first-order valence-electron chi connectivity index (χ1n) is 8.18. The van der Waals surface area contributed by atoms with Gasteiger partial charge in [0.1, 0.15) is 0 Å². The summed E-state index contributed by atoms with van der Waals surface area (Å²) in [5, 5.41) is 8.80. The van der Waals surface area contributed by atoms with Gasteiger partial charge >= 0.3 is 0 Å². The number of aliphatic hydroxyl groups is 1. The van der Waals surface area contributed by atoms with Crippen LogP contribution in [0.25, 0.3) is 0 Å². The number of allylic oxidation sites excluding steroid dienone is 5. The number of nitrogens with zero attached hydrogens (tertiary/aromatic N) is 1. The van der Waals surface area contributed by atoms with Crippen LogP contribution in [0.3, 0.4) is 0 Å². The minimum Gasteiger partial charge on any atom is -0.392 e. The maximum atomic E-state index is 8.80. The van der Waals surface area contributed by atoms with Gasteiger partial charge in [0.25, 0.3) is 0 Å². The van der Waals surface area contributed by atoms with Crippen molar-refractivity contribution >= 4 is 0 Å². The predicted molar refractivity (Wildman–Crippen MR) is 94.6 cm³/mol. The first kappa shape index (κ1) is 20.1. The number of aliphatic hydroxyl groups excluding tert-OH is 1. The minimum absolute atomic E-state index is 0.159. The Labute approximate surface area is 132 Å². The molecule has 0 aliphatic rings. The van der Waals surface area contributed by atoms with Crippen molar-refractivity contribution in [1.82, 2.24) is 4.90 Å². The zero-order valence-electron chi connectivity index (χ0n) is 14.8. The van der Waals surface area contributed by atoms with E-state index in [2.05, 4.69) is 51.9 Å². The lowest BCUT2D eigenvalue weighted by Gasteiger charge is -2.09. The fraction of sp³-hybridized carbons (Fsp3) is 0.684. The second kappa shape index (κ2) is 12.8. The zero-order chi connectivity index (χ0) is 16.1. The van der Waals surface area contributed by atoms with E-state index in [4.69, 9.17) is 5.11 Å². The third-order valence-corrected chi connectivity index (χ3v) is 3.68. The lowest BCUT2D eigenvalue weighted by Crippen LogP contribution is -2.12. The summed E-state index contributed by atoms with van der Waals surface area (Å²) < 4.78 is 0. The summed E-state index contributed by atoms with van der Waals surface area (Å²) in [6, 6.07) is 0. The van der Waals surface area contributed by atoms with Crippen LogP contribution in [0, 0.1) is 0 Å². The Kier molecular flexibility index (Phi) is 12.3. The lowest BCUT2D eigenvalue weighted by atomic mass is 10.0. The van der Waals surface area contributed by atoms with Crippen LogP contribution in [0.4, 0.5) is 0 Å². The van der Waals surface area contributed by atoms with E-state index in [1.54, 1.807) is 0 Å². The molecule has 0 saturated heterocycles. The third-order valence-electron chi connectivity index (χ3n) is 3.68. The Hall–Kier alpha value is -0.860. The van der Waals surface area contributed by atoms with Gasteiger partial charge in [0.15, 0.2) is 0 Å². The van der Waals surface area contributed by atoms with Crippen LogP contribution in [0.1, 0.15) is 59.3 Å². The average Bonchev–Trinajstić information content (AvgIpc) is 2.38. The molecule has 0 spiro atoms. The van der Waals surface area contributed by atoms with E-state index in [0.717, 1.165) is 25.7 Å². The summed E-state index contributed by atoms with van der Waals surface area (Å²) >= 11 is 0. The van der Waals surface area contributed by atoms with Gasteiger partial charge in [-0.25, -0.2) is 0 Å². The van der Waals surface area contributed by atoms with Crippen LogP contribution < -0.4 is 0 Å². The van der Waals surface area contributed by atoms with E-state index in [-0.39, 0.29) is 6.61 Å². The molecule has 2 nitrogen and oxygen atoms in total. The van der Waals surface area contributed by atoms with Crippen molar-refractivity contribution in [2.75, 3.05) is 27.2 Å². The molecule has 1 N–H and O–H groups in total. The van der Waals surface area contributed by atoms with Gasteiger partial charge in [-0.1, -0.05) is 34.9 Å². The number of hydrogen-bond acceptors (Lipinski definition) is 2. The van der Waals surface area contributed by atoms with Gasteiger partial charge < -0.3 is 10.0 Å². The smallest absolute Gasteiger partial charge is 0.0614 e. The molecule has 2 heteroatoms. The zero-order valence-corrected chi connectivity index (χ0v) is 14.8. The van der Waals surface area contributed by atoms with Crippen LogP contribution in [0.2, 0.25) is 0 Å². The molecule has 0 fully saturated rings. The summed E-state index contributed by atoms with van der Waals surface area (Å²) in [5.41, 5.74) is 4.27. The van der Waals surface area contributed by atoms with Gasteiger partial charge in [-0.05, 0) is 79.9 Å². The molecule has 0 aliphatic carbocycles. The molecule has 0 radical (unpaired) electrons. The van der Waals surface area contributed by atoms with Crippen LogP contribution in [0.15, 0.2) is 34.9 Å². The lowest BCUT2D eigenvalue weighted by molar-refractivity contribution is 0.341. The van der Waals surface area contributed by atoms with Crippen molar-refractivity contribution < 1.29 is 5.11 Å². The molecule has 0 amide bonds. The van der Waals surface area contributed by atoms with Crippen LogP contribution in [-0.4, -0.2) is 37.3 Å². The first-order chi connectivity index (χ1) is 9.95. The fourth-order valence-corrected chi connectivity index (χ4v) is 2.23. The van der Waals surface area contributed by atoms with Gasteiger partial charge in [-0.15, -0.1) is 0 Å². The van der Waals surface area contributed by atoms with E-state index in [1.807, 2.05) is 6.08 Å². The summed E-state index contributed by atoms with van der Waals surface area (Å²) in [6.45, 7) is 7.88. The highest BCUT2D eigenvalue weighted by Crippen LogP contribution is 2.12. The van der Waals surface area contributed by atoms with E-state index in [0.29, 0.717) is 0 Å². The normalized spacial score (nSPS) is 14.1. The first-order valence-corrected chi connectivity index (χ1v) is 8.18. The monoisotopic (exact) mass is 293 g/mol. The molecule has 0 unspecified atom stereocenters. The summed E-state index contributed by atoms with van der Waals surface area (Å²) in [5.74, 6) is 0. The topological polar surface area (TPSA) is 23.5 Å². The molecular formula is C19H35NO. The van der Waals surface area contributed by atoms with Crippen LogP contribution in [0.5, 0.6) is 0 Å². The molecular weight excluding hydrogens is 258 g/mol. The van der Waals surface area contributed by atoms with E-state index in [9.17, 15) is 0 Å². The van der Waals surface area contributed by atoms with Crippen molar-refractivity contribution in [3.05, 3.63) is 34.9 Å². The summed E-state index contributed by atoms with van der Waals surface area (Å²) in [7, 11) is 4.26.